The van der Waals surface area contributed by atoms with Gasteiger partial charge in [-0.3, -0.25) is 0 Å². The largest absolute Gasteiger partial charge is 0.309 e. The molecule has 0 radical (unpaired) electrons. The first kappa shape index (κ1) is 33.9. The van der Waals surface area contributed by atoms with Crippen LogP contribution in [0.25, 0.3) is 104 Å². The number of aromatic nitrogens is 1. The molecule has 1 heteroatoms. The van der Waals surface area contributed by atoms with E-state index in [1.807, 2.05) is 0 Å². The van der Waals surface area contributed by atoms with Crippen LogP contribution in [0.2, 0.25) is 0 Å². The SMILES string of the molecule is CC(C)(C)c1ccc2c(c1)c1cc(C(C)(C)C)ccc1n2-c1ccc2cc3c(cc2c1)-c1cc2c(-c4ccccc4)c4ccccc4c(-c4ccccc4)c2cc1-3. The van der Waals surface area contributed by atoms with E-state index in [1.165, 1.54) is 115 Å². The lowest BCUT2D eigenvalue weighted by Gasteiger charge is -2.28. The van der Waals surface area contributed by atoms with Crippen molar-refractivity contribution in [2.45, 2.75) is 52.4 Å². The van der Waals surface area contributed by atoms with Gasteiger partial charge in [-0.15, -0.1) is 0 Å². The highest BCUT2D eigenvalue weighted by Crippen LogP contribution is 2.54. The number of rotatable bonds is 3. The Morgan fingerprint density at radius 1 is 0.333 bits per heavy atom. The Hall–Kier alpha value is -6.44. The van der Waals surface area contributed by atoms with Gasteiger partial charge < -0.3 is 4.57 Å². The van der Waals surface area contributed by atoms with Gasteiger partial charge in [-0.05, 0) is 159 Å². The number of hydrogen-bond donors (Lipinski definition) is 0. The standard InChI is InChI=1S/C56H45N/c1-55(2,3)38-22-25-51-47(30-38)48-31-39(56(4,5)6)23-26-52(48)57(51)40-24-21-36-28-43-44(29-37(36)27-40)46-33-50-49(32-45(43)46)53(34-15-9-7-10-16-34)41-19-13-14-20-42(41)54(50)35-17-11-8-12-18-35/h7-33H,1-6H3. The normalized spacial score (nSPS) is 12.7. The van der Waals surface area contributed by atoms with Gasteiger partial charge in [0.15, 0.2) is 0 Å². The molecule has 11 rings (SSSR count). The Morgan fingerprint density at radius 2 is 0.772 bits per heavy atom. The van der Waals surface area contributed by atoms with Crippen LogP contribution in [0.5, 0.6) is 0 Å². The highest BCUT2D eigenvalue weighted by molar-refractivity contribution is 6.25. The molecular formula is C56H45N. The summed E-state index contributed by atoms with van der Waals surface area (Å²) in [6, 6.07) is 61.9. The van der Waals surface area contributed by atoms with Crippen molar-refractivity contribution in [1.82, 2.24) is 4.57 Å². The zero-order valence-electron chi connectivity index (χ0n) is 33.5. The van der Waals surface area contributed by atoms with Crippen molar-refractivity contribution in [1.29, 1.82) is 0 Å². The summed E-state index contributed by atoms with van der Waals surface area (Å²) >= 11 is 0. The summed E-state index contributed by atoms with van der Waals surface area (Å²) in [6.07, 6.45) is 0. The van der Waals surface area contributed by atoms with E-state index in [9.17, 15) is 0 Å². The fraction of sp³-hybridized carbons (Fsp3) is 0.143. The van der Waals surface area contributed by atoms with Gasteiger partial charge in [-0.1, -0.05) is 145 Å². The highest BCUT2D eigenvalue weighted by Gasteiger charge is 2.27. The van der Waals surface area contributed by atoms with Gasteiger partial charge in [0, 0.05) is 16.5 Å². The molecule has 0 spiro atoms. The summed E-state index contributed by atoms with van der Waals surface area (Å²) in [5.74, 6) is 0. The molecule has 0 amide bonds. The predicted octanol–water partition coefficient (Wildman–Crippen LogP) is 15.8. The quantitative estimate of drug-likeness (QED) is 0.159. The van der Waals surface area contributed by atoms with Crippen LogP contribution in [0.4, 0.5) is 0 Å². The first-order valence-electron chi connectivity index (χ1n) is 20.3. The summed E-state index contributed by atoms with van der Waals surface area (Å²) in [5, 5.41) is 10.3. The zero-order valence-corrected chi connectivity index (χ0v) is 33.5. The van der Waals surface area contributed by atoms with Crippen molar-refractivity contribution in [3.8, 4) is 50.2 Å². The molecular weight excluding hydrogens is 687 g/mol. The maximum absolute atomic E-state index is 2.48. The third-order valence-electron chi connectivity index (χ3n) is 12.6. The molecule has 1 aromatic heterocycles. The minimum absolute atomic E-state index is 0.0642. The number of benzene rings is 9. The van der Waals surface area contributed by atoms with Crippen LogP contribution < -0.4 is 0 Å². The van der Waals surface area contributed by atoms with E-state index >= 15 is 0 Å². The smallest absolute Gasteiger partial charge is 0.0541 e. The molecule has 1 heterocycles. The molecule has 1 aliphatic rings. The monoisotopic (exact) mass is 731 g/mol. The Labute approximate surface area is 334 Å². The second kappa shape index (κ2) is 12.0. The molecule has 0 saturated heterocycles. The van der Waals surface area contributed by atoms with Crippen molar-refractivity contribution in [2.24, 2.45) is 0 Å². The minimum atomic E-state index is 0.0642. The van der Waals surface area contributed by atoms with Gasteiger partial charge in [-0.2, -0.15) is 0 Å². The highest BCUT2D eigenvalue weighted by atomic mass is 15.0. The summed E-state index contributed by atoms with van der Waals surface area (Å²) in [5.41, 5.74) is 17.0. The minimum Gasteiger partial charge on any atom is -0.309 e. The number of nitrogens with zero attached hydrogens (tertiary/aromatic N) is 1. The molecule has 0 N–H and O–H groups in total. The van der Waals surface area contributed by atoms with E-state index in [0.717, 1.165) is 0 Å². The average molecular weight is 732 g/mol. The summed E-state index contributed by atoms with van der Waals surface area (Å²) in [4.78, 5) is 0. The molecule has 274 valence electrons. The lowest BCUT2D eigenvalue weighted by molar-refractivity contribution is 0.590. The van der Waals surface area contributed by atoms with Crippen molar-refractivity contribution < 1.29 is 0 Å². The third-order valence-corrected chi connectivity index (χ3v) is 12.6. The Balaban J connectivity index is 1.13. The third kappa shape index (κ3) is 5.15. The number of hydrogen-bond acceptors (Lipinski definition) is 0. The average Bonchev–Trinajstić information content (AvgIpc) is 3.54. The first-order valence-corrected chi connectivity index (χ1v) is 20.3. The Bertz CT molecular complexity index is 3200. The van der Waals surface area contributed by atoms with E-state index in [-0.39, 0.29) is 10.8 Å². The molecule has 1 nitrogen and oxygen atoms in total. The molecule has 10 aromatic rings. The molecule has 0 fully saturated rings. The van der Waals surface area contributed by atoms with Crippen LogP contribution in [-0.2, 0) is 10.8 Å². The van der Waals surface area contributed by atoms with Crippen molar-refractivity contribution in [3.63, 3.8) is 0 Å². The van der Waals surface area contributed by atoms with Crippen LogP contribution in [-0.4, -0.2) is 4.57 Å². The maximum atomic E-state index is 2.48. The molecule has 0 unspecified atom stereocenters. The lowest BCUT2D eigenvalue weighted by atomic mass is 9.75. The first-order chi connectivity index (χ1) is 27.5. The lowest BCUT2D eigenvalue weighted by Crippen LogP contribution is -2.10. The van der Waals surface area contributed by atoms with Gasteiger partial charge in [0.05, 0.1) is 11.0 Å². The fourth-order valence-corrected chi connectivity index (χ4v) is 9.54. The summed E-state index contributed by atoms with van der Waals surface area (Å²) in [6.45, 7) is 13.8. The van der Waals surface area contributed by atoms with Crippen molar-refractivity contribution in [2.75, 3.05) is 0 Å². The van der Waals surface area contributed by atoms with Crippen LogP contribution in [0.3, 0.4) is 0 Å². The summed E-state index contributed by atoms with van der Waals surface area (Å²) in [7, 11) is 0. The van der Waals surface area contributed by atoms with Gasteiger partial charge in [0.1, 0.15) is 0 Å². The summed E-state index contributed by atoms with van der Waals surface area (Å²) < 4.78 is 2.48. The number of fused-ring (bicyclic) bond motifs is 10. The van der Waals surface area contributed by atoms with Crippen LogP contribution in [0.1, 0.15) is 52.7 Å². The van der Waals surface area contributed by atoms with Crippen LogP contribution in [0, 0.1) is 0 Å². The van der Waals surface area contributed by atoms with Crippen LogP contribution in [0.15, 0.2) is 164 Å². The molecule has 57 heavy (non-hydrogen) atoms. The fourth-order valence-electron chi connectivity index (χ4n) is 9.54. The topological polar surface area (TPSA) is 4.93 Å². The Morgan fingerprint density at radius 3 is 1.25 bits per heavy atom. The molecule has 9 aromatic carbocycles. The van der Waals surface area contributed by atoms with Gasteiger partial charge >= 0.3 is 0 Å². The van der Waals surface area contributed by atoms with E-state index in [0.29, 0.717) is 0 Å². The van der Waals surface area contributed by atoms with E-state index < -0.39 is 0 Å². The maximum Gasteiger partial charge on any atom is 0.0541 e. The second-order valence-corrected chi connectivity index (χ2v) is 18.2. The zero-order chi connectivity index (χ0) is 38.8. The van der Waals surface area contributed by atoms with E-state index in [4.69, 9.17) is 0 Å². The van der Waals surface area contributed by atoms with Gasteiger partial charge in [0.2, 0.25) is 0 Å². The van der Waals surface area contributed by atoms with Crippen molar-refractivity contribution in [3.05, 3.63) is 175 Å². The van der Waals surface area contributed by atoms with Crippen molar-refractivity contribution >= 4 is 54.1 Å². The molecule has 1 aliphatic carbocycles. The van der Waals surface area contributed by atoms with Gasteiger partial charge in [-0.25, -0.2) is 0 Å². The van der Waals surface area contributed by atoms with E-state index in [1.54, 1.807) is 0 Å². The van der Waals surface area contributed by atoms with Gasteiger partial charge in [0.25, 0.3) is 0 Å². The molecule has 0 atom stereocenters. The predicted molar refractivity (Wildman–Crippen MR) is 246 cm³/mol. The molecule has 0 bridgehead atoms. The van der Waals surface area contributed by atoms with E-state index in [2.05, 4.69) is 210 Å². The Kier molecular flexibility index (Phi) is 7.15. The molecule has 0 aliphatic heterocycles. The second-order valence-electron chi connectivity index (χ2n) is 18.2. The molecule has 0 saturated carbocycles. The van der Waals surface area contributed by atoms with Crippen LogP contribution >= 0.6 is 0 Å².